The van der Waals surface area contributed by atoms with Crippen LogP contribution < -0.4 is 0 Å². The Bertz CT molecular complexity index is 692. The molecule has 2 nitrogen and oxygen atoms in total. The molecule has 0 spiro atoms. The highest BCUT2D eigenvalue weighted by Crippen LogP contribution is 2.32. The first-order chi connectivity index (χ1) is 8.05. The Kier molecular flexibility index (Phi) is 2.20. The summed E-state index contributed by atoms with van der Waals surface area (Å²) in [5, 5.41) is 2.42. The van der Waals surface area contributed by atoms with Crippen LogP contribution >= 0.6 is 11.3 Å². The van der Waals surface area contributed by atoms with Crippen LogP contribution in [0.5, 0.6) is 0 Å². The van der Waals surface area contributed by atoms with Crippen molar-refractivity contribution in [1.29, 1.82) is 0 Å². The molecule has 0 aliphatic rings. The summed E-state index contributed by atoms with van der Waals surface area (Å²) in [6.45, 7) is 6.42. The Balaban J connectivity index is 2.34. The number of benzene rings is 1. The smallest absolute Gasteiger partial charge is 0.135 e. The zero-order chi connectivity index (χ0) is 12.0. The van der Waals surface area contributed by atoms with Crippen LogP contribution in [0.2, 0.25) is 0 Å². The van der Waals surface area contributed by atoms with Crippen LogP contribution in [-0.2, 0) is 5.41 Å². The van der Waals surface area contributed by atoms with E-state index in [1.54, 1.807) is 11.3 Å². The Morgan fingerprint density at radius 3 is 2.59 bits per heavy atom. The molecule has 0 amide bonds. The van der Waals surface area contributed by atoms with Crippen LogP contribution in [0, 0.1) is 0 Å². The van der Waals surface area contributed by atoms with Crippen LogP contribution in [0.3, 0.4) is 0 Å². The van der Waals surface area contributed by atoms with E-state index in [1.165, 1.54) is 15.5 Å². The Hall–Kier alpha value is -1.48. The lowest BCUT2D eigenvalue weighted by molar-refractivity contribution is 0.549. The van der Waals surface area contributed by atoms with E-state index in [0.717, 1.165) is 10.7 Å². The van der Waals surface area contributed by atoms with Gasteiger partial charge in [-0.15, -0.1) is 11.3 Å². The Morgan fingerprint density at radius 2 is 1.82 bits per heavy atom. The second-order valence-electron chi connectivity index (χ2n) is 5.26. The van der Waals surface area contributed by atoms with Gasteiger partial charge in [-0.25, -0.2) is 9.97 Å². The van der Waals surface area contributed by atoms with Crippen molar-refractivity contribution in [2.24, 2.45) is 0 Å². The van der Waals surface area contributed by atoms with Crippen molar-refractivity contribution in [2.45, 2.75) is 26.2 Å². The average Bonchev–Trinajstić information content (AvgIpc) is 2.65. The lowest BCUT2D eigenvalue weighted by Crippen LogP contribution is -2.15. The molecule has 0 aliphatic heterocycles. The van der Waals surface area contributed by atoms with E-state index in [9.17, 15) is 0 Å². The first-order valence-corrected chi connectivity index (χ1v) is 6.52. The molecule has 0 radical (unpaired) electrons. The molecule has 17 heavy (non-hydrogen) atoms. The number of hydrogen-bond acceptors (Lipinski definition) is 3. The first-order valence-electron chi connectivity index (χ1n) is 5.70. The van der Waals surface area contributed by atoms with Crippen molar-refractivity contribution in [3.63, 3.8) is 0 Å². The number of aromatic nitrogens is 2. The number of hydrogen-bond donors (Lipinski definition) is 0. The zero-order valence-corrected chi connectivity index (χ0v) is 11.0. The Morgan fingerprint density at radius 1 is 1.06 bits per heavy atom. The molecule has 0 unspecified atom stereocenters. The van der Waals surface area contributed by atoms with E-state index < -0.39 is 0 Å². The number of thiophene rings is 1. The fourth-order valence-electron chi connectivity index (χ4n) is 1.87. The molecule has 0 aliphatic carbocycles. The highest BCUT2D eigenvalue weighted by molar-refractivity contribution is 7.25. The van der Waals surface area contributed by atoms with Gasteiger partial charge in [-0.2, -0.15) is 0 Å². The molecule has 86 valence electrons. The van der Waals surface area contributed by atoms with E-state index in [-0.39, 0.29) is 5.41 Å². The summed E-state index contributed by atoms with van der Waals surface area (Å²) < 4.78 is 1.28. The molecular formula is C14H14N2S. The van der Waals surface area contributed by atoms with Gasteiger partial charge in [0.1, 0.15) is 10.7 Å². The van der Waals surface area contributed by atoms with Gasteiger partial charge in [0.15, 0.2) is 0 Å². The minimum absolute atomic E-state index is 0.00433. The molecule has 0 atom stereocenters. The average molecular weight is 242 g/mol. The molecule has 1 aromatic carbocycles. The lowest BCUT2D eigenvalue weighted by atomic mass is 9.96. The van der Waals surface area contributed by atoms with Crippen molar-refractivity contribution in [2.75, 3.05) is 0 Å². The van der Waals surface area contributed by atoms with Crippen LogP contribution in [0.25, 0.3) is 20.3 Å². The molecule has 3 aromatic rings. The molecule has 0 saturated heterocycles. The number of nitrogens with zero attached hydrogens (tertiary/aromatic N) is 2. The monoisotopic (exact) mass is 242 g/mol. The molecule has 3 heteroatoms. The molecule has 2 heterocycles. The van der Waals surface area contributed by atoms with Crippen molar-refractivity contribution >= 4 is 31.6 Å². The standard InChI is InChI=1S/C14H14N2S/c1-14(2,3)13-15-8-10-9-6-4-5-7-11(9)17-12(10)16-13/h4-8H,1-3H3. The molecule has 0 fully saturated rings. The molecule has 0 N–H and O–H groups in total. The summed E-state index contributed by atoms with van der Waals surface area (Å²) in [4.78, 5) is 10.3. The zero-order valence-electron chi connectivity index (χ0n) is 10.2. The maximum Gasteiger partial charge on any atom is 0.135 e. The van der Waals surface area contributed by atoms with Crippen molar-refractivity contribution < 1.29 is 0 Å². The van der Waals surface area contributed by atoms with Crippen LogP contribution in [0.15, 0.2) is 30.5 Å². The normalized spacial score (nSPS) is 12.4. The van der Waals surface area contributed by atoms with E-state index in [2.05, 4.69) is 50.0 Å². The van der Waals surface area contributed by atoms with Gasteiger partial charge in [0.25, 0.3) is 0 Å². The third-order valence-corrected chi connectivity index (χ3v) is 3.89. The van der Waals surface area contributed by atoms with Crippen molar-refractivity contribution in [3.05, 3.63) is 36.3 Å². The van der Waals surface area contributed by atoms with Crippen molar-refractivity contribution in [1.82, 2.24) is 9.97 Å². The van der Waals surface area contributed by atoms with E-state index >= 15 is 0 Å². The fourth-order valence-corrected chi connectivity index (χ4v) is 2.92. The molecule has 0 bridgehead atoms. The van der Waals surface area contributed by atoms with E-state index in [0.29, 0.717) is 0 Å². The fraction of sp³-hybridized carbons (Fsp3) is 0.286. The van der Waals surface area contributed by atoms with Gasteiger partial charge in [0.2, 0.25) is 0 Å². The SMILES string of the molecule is CC(C)(C)c1ncc2c(n1)sc1ccccc12. The highest BCUT2D eigenvalue weighted by atomic mass is 32.1. The summed E-state index contributed by atoms with van der Waals surface area (Å²) in [5.41, 5.74) is 0.00433. The predicted octanol–water partition coefficient (Wildman–Crippen LogP) is 4.14. The summed E-state index contributed by atoms with van der Waals surface area (Å²) in [6, 6.07) is 8.40. The summed E-state index contributed by atoms with van der Waals surface area (Å²) >= 11 is 1.74. The Labute approximate surface area is 104 Å². The van der Waals surface area contributed by atoms with Gasteiger partial charge in [-0.05, 0) is 6.07 Å². The quantitative estimate of drug-likeness (QED) is 0.592. The minimum atomic E-state index is 0.00433. The van der Waals surface area contributed by atoms with Gasteiger partial charge >= 0.3 is 0 Å². The van der Waals surface area contributed by atoms with Crippen LogP contribution in [0.1, 0.15) is 26.6 Å². The minimum Gasteiger partial charge on any atom is -0.240 e. The van der Waals surface area contributed by atoms with E-state index in [1.807, 2.05) is 6.20 Å². The predicted molar refractivity (Wildman–Crippen MR) is 73.6 cm³/mol. The molecule has 2 aromatic heterocycles. The molecule has 0 saturated carbocycles. The molecule has 3 rings (SSSR count). The van der Waals surface area contributed by atoms with Gasteiger partial charge in [0, 0.05) is 27.1 Å². The number of fused-ring (bicyclic) bond motifs is 3. The second-order valence-corrected chi connectivity index (χ2v) is 6.29. The first kappa shape index (κ1) is 10.7. The largest absolute Gasteiger partial charge is 0.240 e. The summed E-state index contributed by atoms with van der Waals surface area (Å²) in [5.74, 6) is 0.913. The second kappa shape index (κ2) is 3.50. The van der Waals surface area contributed by atoms with Crippen molar-refractivity contribution in [3.8, 4) is 0 Å². The maximum atomic E-state index is 4.69. The summed E-state index contributed by atoms with van der Waals surface area (Å²) in [7, 11) is 0. The lowest BCUT2D eigenvalue weighted by Gasteiger charge is -2.15. The van der Waals surface area contributed by atoms with Gasteiger partial charge in [-0.3, -0.25) is 0 Å². The number of rotatable bonds is 0. The topological polar surface area (TPSA) is 25.8 Å². The molecular weight excluding hydrogens is 228 g/mol. The van der Waals surface area contributed by atoms with E-state index in [4.69, 9.17) is 4.98 Å². The highest BCUT2D eigenvalue weighted by Gasteiger charge is 2.18. The van der Waals surface area contributed by atoms with Crippen LogP contribution in [-0.4, -0.2) is 9.97 Å². The van der Waals surface area contributed by atoms with Gasteiger partial charge in [0.05, 0.1) is 0 Å². The maximum absolute atomic E-state index is 4.69. The summed E-state index contributed by atoms with van der Waals surface area (Å²) in [6.07, 6.45) is 1.96. The third-order valence-electron chi connectivity index (χ3n) is 2.81. The van der Waals surface area contributed by atoms with Gasteiger partial charge < -0.3 is 0 Å². The van der Waals surface area contributed by atoms with Crippen LogP contribution in [0.4, 0.5) is 0 Å². The van der Waals surface area contributed by atoms with Gasteiger partial charge in [-0.1, -0.05) is 39.0 Å². The third kappa shape index (κ3) is 1.71.